The summed E-state index contributed by atoms with van der Waals surface area (Å²) >= 11 is 5.90. The Morgan fingerprint density at radius 3 is 2.86 bits per heavy atom. The fraction of sp³-hybridized carbons (Fsp3) is 0.0667. The number of fused-ring (bicyclic) bond motifs is 1. The SMILES string of the molecule is Cc1cc(Cl)ccc1NC(=O)c1n[nH]c2ccc(N)cc12. The van der Waals surface area contributed by atoms with Gasteiger partial charge in [0.15, 0.2) is 5.69 Å². The number of amides is 1. The molecule has 0 fully saturated rings. The number of nitrogens with zero attached hydrogens (tertiary/aromatic N) is 1. The van der Waals surface area contributed by atoms with Gasteiger partial charge in [-0.05, 0) is 48.9 Å². The third-order valence-electron chi connectivity index (χ3n) is 3.24. The minimum Gasteiger partial charge on any atom is -0.399 e. The van der Waals surface area contributed by atoms with Crippen molar-refractivity contribution in [2.45, 2.75) is 6.92 Å². The molecule has 1 amide bonds. The Balaban J connectivity index is 1.95. The standard InChI is InChI=1S/C15H13ClN4O/c1-8-6-9(16)2-4-12(8)18-15(21)14-11-7-10(17)3-5-13(11)19-20-14/h2-7H,17H2,1H3,(H,18,21)(H,19,20). The number of hydrogen-bond acceptors (Lipinski definition) is 3. The largest absolute Gasteiger partial charge is 0.399 e. The van der Waals surface area contributed by atoms with Gasteiger partial charge < -0.3 is 11.1 Å². The molecule has 0 spiro atoms. The zero-order chi connectivity index (χ0) is 15.0. The minimum absolute atomic E-state index is 0.294. The van der Waals surface area contributed by atoms with Crippen molar-refractivity contribution in [2.75, 3.05) is 11.1 Å². The molecule has 2 aromatic carbocycles. The molecule has 3 rings (SSSR count). The van der Waals surface area contributed by atoms with Crippen LogP contribution in [0.25, 0.3) is 10.9 Å². The lowest BCUT2D eigenvalue weighted by atomic mass is 10.1. The smallest absolute Gasteiger partial charge is 0.276 e. The van der Waals surface area contributed by atoms with Crippen LogP contribution in [0.4, 0.5) is 11.4 Å². The number of hydrogen-bond donors (Lipinski definition) is 3. The van der Waals surface area contributed by atoms with Crippen LogP contribution in [0.1, 0.15) is 16.1 Å². The molecule has 0 unspecified atom stereocenters. The zero-order valence-corrected chi connectivity index (χ0v) is 12.0. The van der Waals surface area contributed by atoms with Crippen LogP contribution in [0.2, 0.25) is 5.02 Å². The highest BCUT2D eigenvalue weighted by molar-refractivity contribution is 6.30. The van der Waals surface area contributed by atoms with E-state index in [9.17, 15) is 4.79 Å². The quantitative estimate of drug-likeness (QED) is 0.634. The van der Waals surface area contributed by atoms with Gasteiger partial charge in [0.2, 0.25) is 0 Å². The first-order chi connectivity index (χ1) is 10.0. The Morgan fingerprint density at radius 1 is 1.29 bits per heavy atom. The van der Waals surface area contributed by atoms with Gasteiger partial charge in [0, 0.05) is 21.8 Å². The van der Waals surface area contributed by atoms with E-state index in [2.05, 4.69) is 15.5 Å². The fourth-order valence-corrected chi connectivity index (χ4v) is 2.38. The van der Waals surface area contributed by atoms with Crippen LogP contribution in [-0.2, 0) is 0 Å². The Labute approximate surface area is 126 Å². The van der Waals surface area contributed by atoms with Gasteiger partial charge in [-0.15, -0.1) is 0 Å². The molecule has 6 heteroatoms. The Bertz CT molecular complexity index is 841. The molecular formula is C15H13ClN4O. The second-order valence-electron chi connectivity index (χ2n) is 4.79. The van der Waals surface area contributed by atoms with E-state index < -0.39 is 0 Å². The molecule has 0 atom stereocenters. The number of nitrogens with one attached hydrogen (secondary N) is 2. The first-order valence-electron chi connectivity index (χ1n) is 6.36. The van der Waals surface area contributed by atoms with Gasteiger partial charge in [0.25, 0.3) is 5.91 Å². The second kappa shape index (κ2) is 5.10. The molecule has 4 N–H and O–H groups in total. The van der Waals surface area contributed by atoms with E-state index >= 15 is 0 Å². The number of aromatic nitrogens is 2. The number of carbonyl (C=O) groups is 1. The van der Waals surface area contributed by atoms with Crippen molar-refractivity contribution in [2.24, 2.45) is 0 Å². The molecule has 21 heavy (non-hydrogen) atoms. The maximum absolute atomic E-state index is 12.4. The lowest BCUT2D eigenvalue weighted by Crippen LogP contribution is -2.13. The van der Waals surface area contributed by atoms with Crippen LogP contribution in [0.15, 0.2) is 36.4 Å². The molecular weight excluding hydrogens is 288 g/mol. The molecule has 0 aliphatic carbocycles. The van der Waals surface area contributed by atoms with Gasteiger partial charge in [-0.3, -0.25) is 9.89 Å². The lowest BCUT2D eigenvalue weighted by Gasteiger charge is -2.07. The van der Waals surface area contributed by atoms with E-state index in [1.807, 2.05) is 6.92 Å². The number of nitrogens with two attached hydrogens (primary N) is 1. The van der Waals surface area contributed by atoms with Gasteiger partial charge >= 0.3 is 0 Å². The monoisotopic (exact) mass is 300 g/mol. The Morgan fingerprint density at radius 2 is 2.10 bits per heavy atom. The second-order valence-corrected chi connectivity index (χ2v) is 5.23. The number of rotatable bonds is 2. The van der Waals surface area contributed by atoms with Crippen molar-refractivity contribution in [3.05, 3.63) is 52.7 Å². The van der Waals surface area contributed by atoms with Gasteiger partial charge in [-0.2, -0.15) is 5.10 Å². The van der Waals surface area contributed by atoms with Gasteiger partial charge in [0.05, 0.1) is 5.52 Å². The summed E-state index contributed by atoms with van der Waals surface area (Å²) in [7, 11) is 0. The van der Waals surface area contributed by atoms with Crippen LogP contribution >= 0.6 is 11.6 Å². The molecule has 0 saturated carbocycles. The van der Waals surface area contributed by atoms with Crippen LogP contribution in [0.5, 0.6) is 0 Å². The molecule has 5 nitrogen and oxygen atoms in total. The number of carbonyl (C=O) groups excluding carboxylic acids is 1. The minimum atomic E-state index is -0.294. The summed E-state index contributed by atoms with van der Waals surface area (Å²) in [5.41, 5.74) is 9.00. The average Bonchev–Trinajstić information content (AvgIpc) is 2.85. The summed E-state index contributed by atoms with van der Waals surface area (Å²) in [6, 6.07) is 10.6. The predicted octanol–water partition coefficient (Wildman–Crippen LogP) is 3.36. The average molecular weight is 301 g/mol. The summed E-state index contributed by atoms with van der Waals surface area (Å²) in [5, 5.41) is 11.0. The van der Waals surface area contributed by atoms with Crippen LogP contribution in [0.3, 0.4) is 0 Å². The lowest BCUT2D eigenvalue weighted by molar-refractivity contribution is 0.102. The molecule has 106 valence electrons. The maximum Gasteiger partial charge on any atom is 0.276 e. The zero-order valence-electron chi connectivity index (χ0n) is 11.3. The summed E-state index contributed by atoms with van der Waals surface area (Å²) in [6.45, 7) is 1.88. The highest BCUT2D eigenvalue weighted by Crippen LogP contribution is 2.23. The number of anilines is 2. The first-order valence-corrected chi connectivity index (χ1v) is 6.73. The van der Waals surface area contributed by atoms with Gasteiger partial charge in [-0.25, -0.2) is 0 Å². The van der Waals surface area contributed by atoms with Crippen molar-refractivity contribution in [1.82, 2.24) is 10.2 Å². The molecule has 0 aliphatic rings. The first kappa shape index (κ1) is 13.5. The third-order valence-corrected chi connectivity index (χ3v) is 3.47. The molecule has 1 heterocycles. The van der Waals surface area contributed by atoms with Crippen LogP contribution < -0.4 is 11.1 Å². The Kier molecular flexibility index (Phi) is 3.27. The van der Waals surface area contributed by atoms with Crippen LogP contribution in [-0.4, -0.2) is 16.1 Å². The highest BCUT2D eigenvalue weighted by atomic mass is 35.5. The normalized spacial score (nSPS) is 10.8. The fourth-order valence-electron chi connectivity index (χ4n) is 2.15. The van der Waals surface area contributed by atoms with E-state index in [1.165, 1.54) is 0 Å². The molecule has 1 aromatic heterocycles. The molecule has 3 aromatic rings. The molecule has 0 bridgehead atoms. The third kappa shape index (κ3) is 2.55. The summed E-state index contributed by atoms with van der Waals surface area (Å²) < 4.78 is 0. The van der Waals surface area contributed by atoms with E-state index in [-0.39, 0.29) is 5.91 Å². The number of halogens is 1. The molecule has 0 radical (unpaired) electrons. The highest BCUT2D eigenvalue weighted by Gasteiger charge is 2.15. The summed E-state index contributed by atoms with van der Waals surface area (Å²) in [6.07, 6.45) is 0. The van der Waals surface area contributed by atoms with E-state index in [0.717, 1.165) is 11.1 Å². The van der Waals surface area contributed by atoms with Crippen molar-refractivity contribution < 1.29 is 4.79 Å². The topological polar surface area (TPSA) is 83.8 Å². The summed E-state index contributed by atoms with van der Waals surface area (Å²) in [5.74, 6) is -0.294. The number of benzene rings is 2. The number of nitrogen functional groups attached to an aromatic ring is 1. The van der Waals surface area contributed by atoms with Gasteiger partial charge in [0.1, 0.15) is 0 Å². The van der Waals surface area contributed by atoms with Crippen molar-refractivity contribution in [3.63, 3.8) is 0 Å². The van der Waals surface area contributed by atoms with E-state index in [0.29, 0.717) is 27.5 Å². The molecule has 0 saturated heterocycles. The predicted molar refractivity (Wildman–Crippen MR) is 84.6 cm³/mol. The van der Waals surface area contributed by atoms with E-state index in [1.54, 1.807) is 36.4 Å². The Hall–Kier alpha value is -2.53. The molecule has 0 aliphatic heterocycles. The van der Waals surface area contributed by atoms with Gasteiger partial charge in [-0.1, -0.05) is 11.6 Å². The van der Waals surface area contributed by atoms with Crippen LogP contribution in [0, 0.1) is 6.92 Å². The number of H-pyrrole nitrogens is 1. The summed E-state index contributed by atoms with van der Waals surface area (Å²) in [4.78, 5) is 12.4. The number of aryl methyl sites for hydroxylation is 1. The maximum atomic E-state index is 12.4. The van der Waals surface area contributed by atoms with Crippen molar-refractivity contribution >= 4 is 39.8 Å². The van der Waals surface area contributed by atoms with E-state index in [4.69, 9.17) is 17.3 Å². The van der Waals surface area contributed by atoms with Crippen molar-refractivity contribution in [3.8, 4) is 0 Å². The number of aromatic amines is 1. The van der Waals surface area contributed by atoms with Crippen molar-refractivity contribution in [1.29, 1.82) is 0 Å².